The van der Waals surface area contributed by atoms with Gasteiger partial charge in [-0.25, -0.2) is 0 Å². The molecular weight excluding hydrogens is 248 g/mol. The molecule has 2 unspecified atom stereocenters. The number of nitrogens with one attached hydrogen (secondary N) is 1. The molecule has 1 fully saturated rings. The first kappa shape index (κ1) is 13.8. The first-order valence-electron chi connectivity index (χ1n) is 6.38. The Balaban J connectivity index is 2.20. The molecule has 1 saturated carbocycles. The van der Waals surface area contributed by atoms with Crippen LogP contribution in [0, 0.1) is 10.1 Å². The fourth-order valence-corrected chi connectivity index (χ4v) is 2.33. The molecule has 2 atom stereocenters. The molecule has 0 amide bonds. The van der Waals surface area contributed by atoms with Crippen LogP contribution in [-0.2, 0) is 6.54 Å². The lowest BCUT2D eigenvalue weighted by Crippen LogP contribution is -2.26. The van der Waals surface area contributed by atoms with Gasteiger partial charge in [-0.15, -0.1) is 0 Å². The van der Waals surface area contributed by atoms with E-state index < -0.39 is 11.0 Å². The third-order valence-electron chi connectivity index (χ3n) is 3.32. The zero-order valence-corrected chi connectivity index (χ0v) is 10.8. The van der Waals surface area contributed by atoms with Crippen LogP contribution < -0.4 is 10.1 Å². The maximum Gasteiger partial charge on any atom is 0.270 e. The molecule has 6 nitrogen and oxygen atoms in total. The predicted molar refractivity (Wildman–Crippen MR) is 70.1 cm³/mol. The van der Waals surface area contributed by atoms with Gasteiger partial charge < -0.3 is 15.2 Å². The third kappa shape index (κ3) is 3.21. The van der Waals surface area contributed by atoms with E-state index in [1.807, 2.05) is 0 Å². The fourth-order valence-electron chi connectivity index (χ4n) is 2.33. The number of ether oxygens (including phenoxy) is 1. The van der Waals surface area contributed by atoms with Crippen molar-refractivity contribution in [1.29, 1.82) is 0 Å². The topological polar surface area (TPSA) is 84.6 Å². The molecule has 2 rings (SSSR count). The molecule has 1 aliphatic rings. The van der Waals surface area contributed by atoms with E-state index in [1.54, 1.807) is 13.1 Å². The zero-order chi connectivity index (χ0) is 13.8. The largest absolute Gasteiger partial charge is 0.487 e. The summed E-state index contributed by atoms with van der Waals surface area (Å²) >= 11 is 0. The zero-order valence-electron chi connectivity index (χ0n) is 10.8. The van der Waals surface area contributed by atoms with Crippen LogP contribution in [0.4, 0.5) is 5.69 Å². The standard InChI is InChI=1S/C13H18N2O4/c1-14-8-9-7-10(15(17)18)5-6-12(9)19-13-4-2-3-11(13)16/h5-7,11,13-14,16H,2-4,8H2,1H3. The number of nitrogens with zero attached hydrogens (tertiary/aromatic N) is 1. The third-order valence-corrected chi connectivity index (χ3v) is 3.32. The van der Waals surface area contributed by atoms with Gasteiger partial charge in [-0.1, -0.05) is 0 Å². The average Bonchev–Trinajstić information content (AvgIpc) is 2.77. The molecule has 0 aromatic heterocycles. The van der Waals surface area contributed by atoms with Crippen molar-refractivity contribution in [3.05, 3.63) is 33.9 Å². The van der Waals surface area contributed by atoms with Gasteiger partial charge in [0.1, 0.15) is 11.9 Å². The van der Waals surface area contributed by atoms with Crippen LogP contribution in [0.5, 0.6) is 5.75 Å². The van der Waals surface area contributed by atoms with Gasteiger partial charge in [-0.05, 0) is 32.4 Å². The van der Waals surface area contributed by atoms with E-state index in [0.29, 0.717) is 12.3 Å². The number of hydrogen-bond donors (Lipinski definition) is 2. The maximum atomic E-state index is 10.8. The van der Waals surface area contributed by atoms with Gasteiger partial charge in [-0.2, -0.15) is 0 Å². The lowest BCUT2D eigenvalue weighted by atomic mass is 10.1. The van der Waals surface area contributed by atoms with E-state index in [4.69, 9.17) is 4.74 Å². The lowest BCUT2D eigenvalue weighted by Gasteiger charge is -2.19. The van der Waals surface area contributed by atoms with Crippen molar-refractivity contribution in [2.45, 2.75) is 38.0 Å². The summed E-state index contributed by atoms with van der Waals surface area (Å²) in [6.45, 7) is 0.486. The second-order valence-corrected chi connectivity index (χ2v) is 4.73. The summed E-state index contributed by atoms with van der Waals surface area (Å²) in [6, 6.07) is 4.54. The lowest BCUT2D eigenvalue weighted by molar-refractivity contribution is -0.384. The molecule has 1 aromatic carbocycles. The molecule has 19 heavy (non-hydrogen) atoms. The van der Waals surface area contributed by atoms with E-state index in [-0.39, 0.29) is 11.8 Å². The van der Waals surface area contributed by atoms with Gasteiger partial charge >= 0.3 is 0 Å². The number of nitro groups is 1. The second-order valence-electron chi connectivity index (χ2n) is 4.73. The van der Waals surface area contributed by atoms with Gasteiger partial charge in [0.2, 0.25) is 0 Å². The second kappa shape index (κ2) is 5.99. The van der Waals surface area contributed by atoms with Gasteiger partial charge in [0.15, 0.2) is 0 Å². The Hall–Kier alpha value is -1.66. The van der Waals surface area contributed by atoms with Gasteiger partial charge in [-0.3, -0.25) is 10.1 Å². The van der Waals surface area contributed by atoms with Crippen LogP contribution in [0.1, 0.15) is 24.8 Å². The Labute approximate surface area is 111 Å². The van der Waals surface area contributed by atoms with Crippen molar-refractivity contribution in [2.24, 2.45) is 0 Å². The minimum atomic E-state index is -0.447. The van der Waals surface area contributed by atoms with Crippen LogP contribution >= 0.6 is 0 Å². The molecule has 0 radical (unpaired) electrons. The molecule has 6 heteroatoms. The SMILES string of the molecule is CNCc1cc([N+](=O)[O-])ccc1OC1CCCC1O. The number of aliphatic hydroxyl groups excluding tert-OH is 1. The van der Waals surface area contributed by atoms with Crippen molar-refractivity contribution < 1.29 is 14.8 Å². The highest BCUT2D eigenvalue weighted by molar-refractivity contribution is 5.44. The average molecular weight is 266 g/mol. The molecule has 1 aliphatic carbocycles. The molecular formula is C13H18N2O4. The van der Waals surface area contributed by atoms with Gasteiger partial charge in [0, 0.05) is 24.2 Å². The normalized spacial score (nSPS) is 22.4. The minimum Gasteiger partial charge on any atom is -0.487 e. The first-order valence-corrected chi connectivity index (χ1v) is 6.38. The quantitative estimate of drug-likeness (QED) is 0.624. The summed E-state index contributed by atoms with van der Waals surface area (Å²) in [4.78, 5) is 10.3. The Bertz CT molecular complexity index is 464. The fraction of sp³-hybridized carbons (Fsp3) is 0.538. The van der Waals surface area contributed by atoms with Crippen LogP contribution in [0.3, 0.4) is 0 Å². The summed E-state index contributed by atoms with van der Waals surface area (Å²) in [5.74, 6) is 0.603. The Kier molecular flexibility index (Phi) is 4.34. The Morgan fingerprint density at radius 2 is 2.32 bits per heavy atom. The Morgan fingerprint density at radius 1 is 1.53 bits per heavy atom. The van der Waals surface area contributed by atoms with E-state index >= 15 is 0 Å². The van der Waals surface area contributed by atoms with Crippen LogP contribution in [0.2, 0.25) is 0 Å². The van der Waals surface area contributed by atoms with Gasteiger partial charge in [0.05, 0.1) is 11.0 Å². The van der Waals surface area contributed by atoms with Crippen LogP contribution in [0.25, 0.3) is 0 Å². The summed E-state index contributed by atoms with van der Waals surface area (Å²) < 4.78 is 5.79. The molecule has 0 aliphatic heterocycles. The summed E-state index contributed by atoms with van der Waals surface area (Å²) in [7, 11) is 1.77. The summed E-state index contributed by atoms with van der Waals surface area (Å²) in [6.07, 6.45) is 1.85. The van der Waals surface area contributed by atoms with E-state index in [0.717, 1.165) is 24.8 Å². The monoisotopic (exact) mass is 266 g/mol. The smallest absolute Gasteiger partial charge is 0.270 e. The minimum absolute atomic E-state index is 0.0459. The summed E-state index contributed by atoms with van der Waals surface area (Å²) in [5.41, 5.74) is 0.778. The molecule has 2 N–H and O–H groups in total. The number of hydrogen-bond acceptors (Lipinski definition) is 5. The molecule has 0 heterocycles. The molecule has 0 spiro atoms. The predicted octanol–water partition coefficient (Wildman–Crippen LogP) is 1.61. The highest BCUT2D eigenvalue weighted by Gasteiger charge is 2.27. The van der Waals surface area contributed by atoms with Crippen molar-refractivity contribution in [2.75, 3.05) is 7.05 Å². The first-order chi connectivity index (χ1) is 9.11. The maximum absolute atomic E-state index is 10.8. The highest BCUT2D eigenvalue weighted by Crippen LogP contribution is 2.29. The number of nitro benzene ring substituents is 1. The number of rotatable bonds is 5. The molecule has 0 bridgehead atoms. The van der Waals surface area contributed by atoms with Crippen molar-refractivity contribution in [1.82, 2.24) is 5.32 Å². The summed E-state index contributed by atoms with van der Waals surface area (Å²) in [5, 5.41) is 23.5. The Morgan fingerprint density at radius 3 is 2.89 bits per heavy atom. The number of aliphatic hydroxyl groups is 1. The van der Waals surface area contributed by atoms with Crippen molar-refractivity contribution in [3.8, 4) is 5.75 Å². The van der Waals surface area contributed by atoms with Gasteiger partial charge in [0.25, 0.3) is 5.69 Å². The van der Waals surface area contributed by atoms with Crippen molar-refractivity contribution >= 4 is 5.69 Å². The van der Waals surface area contributed by atoms with Crippen molar-refractivity contribution in [3.63, 3.8) is 0 Å². The van der Waals surface area contributed by atoms with E-state index in [2.05, 4.69) is 5.32 Å². The van der Waals surface area contributed by atoms with Crippen LogP contribution in [-0.4, -0.2) is 29.3 Å². The van der Waals surface area contributed by atoms with E-state index in [9.17, 15) is 15.2 Å². The molecule has 1 aromatic rings. The van der Waals surface area contributed by atoms with E-state index in [1.165, 1.54) is 12.1 Å². The highest BCUT2D eigenvalue weighted by atomic mass is 16.6. The number of benzene rings is 1. The molecule has 104 valence electrons. The molecule has 0 saturated heterocycles. The van der Waals surface area contributed by atoms with Crippen LogP contribution in [0.15, 0.2) is 18.2 Å². The number of non-ortho nitro benzene ring substituents is 1.